The van der Waals surface area contributed by atoms with Crippen LogP contribution in [0.2, 0.25) is 0 Å². The Balaban J connectivity index is 1.83. The van der Waals surface area contributed by atoms with E-state index >= 15 is 0 Å². The second-order valence-corrected chi connectivity index (χ2v) is 5.80. The molecule has 1 aliphatic carbocycles. The van der Waals surface area contributed by atoms with Gasteiger partial charge in [-0.25, -0.2) is 9.18 Å². The average molecular weight is 310 g/mol. The molecule has 1 aromatic rings. The highest BCUT2D eigenvalue weighted by Crippen LogP contribution is 2.25. The van der Waals surface area contributed by atoms with E-state index in [-0.39, 0.29) is 23.9 Å². The predicted molar refractivity (Wildman–Crippen MR) is 81.2 cm³/mol. The van der Waals surface area contributed by atoms with E-state index in [0.29, 0.717) is 12.5 Å². The van der Waals surface area contributed by atoms with Crippen molar-refractivity contribution in [2.24, 2.45) is 5.92 Å². The first kappa shape index (κ1) is 16.5. The monoisotopic (exact) mass is 310 g/mol. The number of carbonyl (C=O) groups is 1. The van der Waals surface area contributed by atoms with Crippen LogP contribution in [0, 0.1) is 11.7 Å². The van der Waals surface area contributed by atoms with E-state index in [0.717, 1.165) is 24.8 Å². The normalized spacial score (nSPS) is 22.2. The van der Waals surface area contributed by atoms with Crippen LogP contribution < -0.4 is 15.4 Å². The van der Waals surface area contributed by atoms with Crippen molar-refractivity contribution < 1.29 is 19.0 Å². The maximum Gasteiger partial charge on any atom is 0.315 e. The lowest BCUT2D eigenvalue weighted by Crippen LogP contribution is -2.39. The van der Waals surface area contributed by atoms with E-state index in [1.807, 2.05) is 6.92 Å². The zero-order valence-corrected chi connectivity index (χ0v) is 12.9. The summed E-state index contributed by atoms with van der Waals surface area (Å²) in [4.78, 5) is 11.9. The molecule has 0 spiro atoms. The van der Waals surface area contributed by atoms with Crippen LogP contribution in [-0.4, -0.2) is 30.9 Å². The first-order valence-corrected chi connectivity index (χ1v) is 7.55. The number of nitrogens with one attached hydrogen (secondary N) is 2. The number of aliphatic hydroxyl groups is 1. The molecular formula is C16H23FN2O3. The number of aliphatic hydroxyl groups excluding tert-OH is 1. The number of halogens is 1. The molecule has 0 bridgehead atoms. The van der Waals surface area contributed by atoms with Gasteiger partial charge in [0.05, 0.1) is 19.3 Å². The van der Waals surface area contributed by atoms with Crippen LogP contribution in [0.5, 0.6) is 5.75 Å². The summed E-state index contributed by atoms with van der Waals surface area (Å²) >= 11 is 0. The van der Waals surface area contributed by atoms with Crippen LogP contribution in [0.4, 0.5) is 9.18 Å². The molecule has 0 radical (unpaired) electrons. The molecular weight excluding hydrogens is 287 g/mol. The van der Waals surface area contributed by atoms with E-state index in [2.05, 4.69) is 10.6 Å². The number of ether oxygens (including phenoxy) is 1. The summed E-state index contributed by atoms with van der Waals surface area (Å²) in [7, 11) is 1.41. The lowest BCUT2D eigenvalue weighted by atomic mass is 10.1. The van der Waals surface area contributed by atoms with E-state index < -0.39 is 5.82 Å². The lowest BCUT2D eigenvalue weighted by molar-refractivity contribution is 0.177. The topological polar surface area (TPSA) is 70.6 Å². The Morgan fingerprint density at radius 3 is 2.91 bits per heavy atom. The average Bonchev–Trinajstić information content (AvgIpc) is 2.91. The van der Waals surface area contributed by atoms with Crippen LogP contribution in [-0.2, 0) is 0 Å². The zero-order valence-electron chi connectivity index (χ0n) is 12.9. The number of urea groups is 1. The molecule has 22 heavy (non-hydrogen) atoms. The van der Waals surface area contributed by atoms with E-state index in [9.17, 15) is 14.3 Å². The molecule has 0 saturated heterocycles. The molecule has 3 atom stereocenters. The zero-order chi connectivity index (χ0) is 16.1. The van der Waals surface area contributed by atoms with Crippen LogP contribution >= 0.6 is 0 Å². The minimum Gasteiger partial charge on any atom is -0.494 e. The minimum absolute atomic E-state index is 0.159. The number of carbonyl (C=O) groups excluding carboxylic acids is 1. The highest BCUT2D eigenvalue weighted by Gasteiger charge is 2.23. The van der Waals surface area contributed by atoms with Gasteiger partial charge in [0, 0.05) is 6.54 Å². The van der Waals surface area contributed by atoms with Gasteiger partial charge in [0.2, 0.25) is 0 Å². The SMILES string of the molecule is COc1cc([C@H](C)NC(=O)NC[C@@H]2CC[C@H](O)C2)ccc1F. The van der Waals surface area contributed by atoms with Crippen molar-refractivity contribution in [3.63, 3.8) is 0 Å². The third-order valence-electron chi connectivity index (χ3n) is 4.09. The Bertz CT molecular complexity index is 524. The molecule has 1 aromatic carbocycles. The predicted octanol–water partition coefficient (Wildman–Crippen LogP) is 2.36. The first-order chi connectivity index (χ1) is 10.5. The van der Waals surface area contributed by atoms with Crippen molar-refractivity contribution in [3.8, 4) is 5.75 Å². The summed E-state index contributed by atoms with van der Waals surface area (Å²) in [6.45, 7) is 2.38. The molecule has 3 N–H and O–H groups in total. The Morgan fingerprint density at radius 2 is 2.27 bits per heavy atom. The second-order valence-electron chi connectivity index (χ2n) is 5.80. The molecule has 0 aromatic heterocycles. The van der Waals surface area contributed by atoms with E-state index in [1.54, 1.807) is 12.1 Å². The van der Waals surface area contributed by atoms with Crippen molar-refractivity contribution in [2.75, 3.05) is 13.7 Å². The number of amides is 2. The number of benzene rings is 1. The first-order valence-electron chi connectivity index (χ1n) is 7.55. The largest absolute Gasteiger partial charge is 0.494 e. The standard InChI is InChI=1S/C16H23FN2O3/c1-10(12-4-6-14(17)15(8-12)22-2)19-16(21)18-9-11-3-5-13(20)7-11/h4,6,8,10-11,13,20H,3,5,7,9H2,1-2H3,(H2,18,19,21)/t10-,11+,13-/m0/s1. The quantitative estimate of drug-likeness (QED) is 0.782. The van der Waals surface area contributed by atoms with Gasteiger partial charge in [-0.05, 0) is 49.8 Å². The van der Waals surface area contributed by atoms with Gasteiger partial charge in [0.25, 0.3) is 0 Å². The number of hydrogen-bond acceptors (Lipinski definition) is 3. The molecule has 5 nitrogen and oxygen atoms in total. The van der Waals surface area contributed by atoms with E-state index in [1.165, 1.54) is 13.2 Å². The molecule has 0 aliphatic heterocycles. The highest BCUT2D eigenvalue weighted by atomic mass is 19.1. The third-order valence-corrected chi connectivity index (χ3v) is 4.09. The molecule has 1 aliphatic rings. The van der Waals surface area contributed by atoms with Gasteiger partial charge in [-0.2, -0.15) is 0 Å². The van der Waals surface area contributed by atoms with Gasteiger partial charge in [0.1, 0.15) is 0 Å². The van der Waals surface area contributed by atoms with Crippen molar-refractivity contribution in [1.29, 1.82) is 0 Å². The number of rotatable bonds is 5. The van der Waals surface area contributed by atoms with Crippen molar-refractivity contribution in [2.45, 2.75) is 38.3 Å². The molecule has 0 heterocycles. The van der Waals surface area contributed by atoms with Crippen molar-refractivity contribution in [3.05, 3.63) is 29.6 Å². The molecule has 122 valence electrons. The number of methoxy groups -OCH3 is 1. The molecule has 2 rings (SSSR count). The molecule has 2 amide bonds. The fourth-order valence-electron chi connectivity index (χ4n) is 2.75. The maximum absolute atomic E-state index is 13.4. The Kier molecular flexibility index (Phi) is 5.60. The Hall–Kier alpha value is -1.82. The summed E-state index contributed by atoms with van der Waals surface area (Å²) in [5.74, 6) is 0.0659. The van der Waals surface area contributed by atoms with Crippen LogP contribution in [0.15, 0.2) is 18.2 Å². The van der Waals surface area contributed by atoms with Crippen LogP contribution in [0.1, 0.15) is 37.8 Å². The van der Waals surface area contributed by atoms with Crippen LogP contribution in [0.3, 0.4) is 0 Å². The lowest BCUT2D eigenvalue weighted by Gasteiger charge is -2.17. The molecule has 1 saturated carbocycles. The van der Waals surface area contributed by atoms with E-state index in [4.69, 9.17) is 4.74 Å². The Labute approximate surface area is 129 Å². The van der Waals surface area contributed by atoms with Crippen molar-refractivity contribution in [1.82, 2.24) is 10.6 Å². The molecule has 0 unspecified atom stereocenters. The second kappa shape index (κ2) is 7.45. The number of hydrogen-bond donors (Lipinski definition) is 3. The summed E-state index contributed by atoms with van der Waals surface area (Å²) in [6.07, 6.45) is 2.25. The summed E-state index contributed by atoms with van der Waals surface area (Å²) in [5.41, 5.74) is 0.768. The highest BCUT2D eigenvalue weighted by molar-refractivity contribution is 5.74. The maximum atomic E-state index is 13.4. The molecule has 6 heteroatoms. The van der Waals surface area contributed by atoms with Gasteiger partial charge >= 0.3 is 6.03 Å². The Morgan fingerprint density at radius 1 is 1.50 bits per heavy atom. The fourth-order valence-corrected chi connectivity index (χ4v) is 2.75. The summed E-state index contributed by atoms with van der Waals surface area (Å²) in [6, 6.07) is 3.99. The van der Waals surface area contributed by atoms with Gasteiger partial charge in [-0.3, -0.25) is 0 Å². The third kappa shape index (κ3) is 4.34. The van der Waals surface area contributed by atoms with Gasteiger partial charge in [-0.1, -0.05) is 6.07 Å². The van der Waals surface area contributed by atoms with Gasteiger partial charge in [-0.15, -0.1) is 0 Å². The van der Waals surface area contributed by atoms with Gasteiger partial charge in [0.15, 0.2) is 11.6 Å². The van der Waals surface area contributed by atoms with Crippen LogP contribution in [0.25, 0.3) is 0 Å². The fraction of sp³-hybridized carbons (Fsp3) is 0.562. The summed E-state index contributed by atoms with van der Waals surface area (Å²) < 4.78 is 18.3. The molecule has 1 fully saturated rings. The smallest absolute Gasteiger partial charge is 0.315 e. The summed E-state index contributed by atoms with van der Waals surface area (Å²) in [5, 5.41) is 15.1. The van der Waals surface area contributed by atoms with Crippen molar-refractivity contribution >= 4 is 6.03 Å². The van der Waals surface area contributed by atoms with Gasteiger partial charge < -0.3 is 20.5 Å². The minimum atomic E-state index is -0.428.